The molecule has 4 rings (SSSR count). The number of carbonyl (C=O) groups excluding carboxylic acids is 1. The van der Waals surface area contributed by atoms with Crippen LogP contribution in [0.4, 0.5) is 26.3 Å². The Bertz CT molecular complexity index is 1460. The lowest BCUT2D eigenvalue weighted by atomic mass is 10.00. The van der Waals surface area contributed by atoms with Crippen molar-refractivity contribution in [2.45, 2.75) is 32.7 Å². The number of hydrogen-bond acceptors (Lipinski definition) is 5. The molecular formula is C24H16ClF6N5O. The number of aryl methyl sites for hydroxylation is 1. The van der Waals surface area contributed by atoms with Crippen molar-refractivity contribution in [1.29, 1.82) is 0 Å². The molecule has 0 amide bonds. The van der Waals surface area contributed by atoms with Gasteiger partial charge in [0.15, 0.2) is 5.78 Å². The van der Waals surface area contributed by atoms with Crippen molar-refractivity contribution in [1.82, 2.24) is 25.2 Å². The van der Waals surface area contributed by atoms with Crippen LogP contribution in [0.2, 0.25) is 5.02 Å². The van der Waals surface area contributed by atoms with Gasteiger partial charge in [0.05, 0.1) is 39.6 Å². The van der Waals surface area contributed by atoms with Gasteiger partial charge in [-0.2, -0.15) is 31.4 Å². The molecule has 0 N–H and O–H groups in total. The summed E-state index contributed by atoms with van der Waals surface area (Å²) in [6.07, 6.45) is -9.96. The summed E-state index contributed by atoms with van der Waals surface area (Å²) in [5.74, 6) is -0.472. The van der Waals surface area contributed by atoms with Gasteiger partial charge in [-0.25, -0.2) is 4.68 Å². The minimum atomic E-state index is -4.98. The number of benzene rings is 2. The lowest BCUT2D eigenvalue weighted by molar-refractivity contribution is -0.143. The molecule has 0 unspecified atom stereocenters. The van der Waals surface area contributed by atoms with Crippen molar-refractivity contribution in [3.05, 3.63) is 92.8 Å². The lowest BCUT2D eigenvalue weighted by Crippen LogP contribution is -2.13. The molecule has 0 aliphatic carbocycles. The van der Waals surface area contributed by atoms with Crippen LogP contribution >= 0.6 is 11.6 Å². The zero-order chi connectivity index (χ0) is 27.1. The minimum absolute atomic E-state index is 0.0410. The molecule has 0 bridgehead atoms. The van der Waals surface area contributed by atoms with Gasteiger partial charge in [-0.15, -0.1) is 10.2 Å². The number of rotatable bonds is 5. The van der Waals surface area contributed by atoms with Gasteiger partial charge in [-0.3, -0.25) is 4.79 Å². The fraction of sp³-hybridized carbons (Fsp3) is 0.208. The van der Waals surface area contributed by atoms with E-state index in [-0.39, 0.29) is 44.9 Å². The highest BCUT2D eigenvalue weighted by Crippen LogP contribution is 2.36. The fourth-order valence-electron chi connectivity index (χ4n) is 3.64. The molecule has 2 aromatic heterocycles. The van der Waals surface area contributed by atoms with Crippen molar-refractivity contribution in [2.75, 3.05) is 0 Å². The van der Waals surface area contributed by atoms with Gasteiger partial charge in [0.1, 0.15) is 11.4 Å². The molecule has 0 atom stereocenters. The average molecular weight is 540 g/mol. The topological polar surface area (TPSA) is 73.6 Å². The summed E-state index contributed by atoms with van der Waals surface area (Å²) < 4.78 is 80.6. The third-order valence-electron chi connectivity index (χ3n) is 5.47. The minimum Gasteiger partial charge on any atom is -0.288 e. The Morgan fingerprint density at radius 3 is 2.05 bits per heavy atom. The summed E-state index contributed by atoms with van der Waals surface area (Å²) in [4.78, 5) is 13.3. The summed E-state index contributed by atoms with van der Waals surface area (Å²) in [6.45, 7) is 2.67. The second-order valence-corrected chi connectivity index (χ2v) is 8.56. The van der Waals surface area contributed by atoms with E-state index < -0.39 is 35.8 Å². The van der Waals surface area contributed by atoms with Crippen LogP contribution in [-0.2, 0) is 18.9 Å². The van der Waals surface area contributed by atoms with Crippen molar-refractivity contribution in [3.8, 4) is 11.4 Å². The number of hydrogen-bond donors (Lipinski definition) is 0. The first kappa shape index (κ1) is 26.3. The van der Waals surface area contributed by atoms with Crippen LogP contribution in [0.3, 0.4) is 0 Å². The highest BCUT2D eigenvalue weighted by molar-refractivity contribution is 6.35. The molecule has 0 spiro atoms. The molecule has 2 heterocycles. The van der Waals surface area contributed by atoms with Crippen LogP contribution in [0.1, 0.15) is 44.0 Å². The Kier molecular flexibility index (Phi) is 6.80. The molecule has 37 heavy (non-hydrogen) atoms. The van der Waals surface area contributed by atoms with Crippen molar-refractivity contribution in [2.24, 2.45) is 0 Å². The summed E-state index contributed by atoms with van der Waals surface area (Å²) in [5, 5.41) is 16.1. The number of ketones is 1. The van der Waals surface area contributed by atoms with E-state index in [0.29, 0.717) is 17.8 Å². The average Bonchev–Trinajstić information content (AvgIpc) is 3.17. The molecule has 4 aromatic rings. The summed E-state index contributed by atoms with van der Waals surface area (Å²) in [7, 11) is 0. The SMILES string of the molecule is Cc1cc(C(=O)c2ccccc2Cl)c(-c2nnn(Cc3cc(C(F)(F)F)cc(C(F)(F)F)c3)c2C)nn1. The first-order chi connectivity index (χ1) is 17.3. The maximum absolute atomic E-state index is 13.3. The third kappa shape index (κ3) is 5.48. The zero-order valence-electron chi connectivity index (χ0n) is 19.1. The largest absolute Gasteiger partial charge is 0.416 e. The third-order valence-corrected chi connectivity index (χ3v) is 5.80. The zero-order valence-corrected chi connectivity index (χ0v) is 19.9. The van der Waals surface area contributed by atoms with E-state index in [4.69, 9.17) is 11.6 Å². The lowest BCUT2D eigenvalue weighted by Gasteiger charge is -2.14. The summed E-state index contributed by atoms with van der Waals surface area (Å²) >= 11 is 6.17. The van der Waals surface area contributed by atoms with E-state index in [9.17, 15) is 31.1 Å². The standard InChI is InChI=1S/C24H16ClF6N5O/c1-12-7-18(22(37)17-5-3-4-6-19(17)25)21(33-32-12)20-13(2)36(35-34-20)11-14-8-15(23(26,27)28)10-16(9-14)24(29,30)31/h3-10H,11H2,1-2H3. The first-order valence-electron chi connectivity index (χ1n) is 10.6. The molecular weight excluding hydrogens is 524 g/mol. The van der Waals surface area contributed by atoms with E-state index in [1.165, 1.54) is 19.1 Å². The molecule has 13 heteroatoms. The number of halogens is 7. The number of aromatic nitrogens is 5. The van der Waals surface area contributed by atoms with Gasteiger partial charge in [0.25, 0.3) is 0 Å². The van der Waals surface area contributed by atoms with E-state index in [2.05, 4.69) is 20.5 Å². The molecule has 2 aromatic carbocycles. The molecule has 0 saturated heterocycles. The molecule has 6 nitrogen and oxygen atoms in total. The number of carbonyl (C=O) groups is 1. The van der Waals surface area contributed by atoms with Crippen LogP contribution in [0.25, 0.3) is 11.4 Å². The molecule has 0 aliphatic rings. The molecule has 0 fully saturated rings. The van der Waals surface area contributed by atoms with Crippen molar-refractivity contribution in [3.63, 3.8) is 0 Å². The molecule has 192 valence electrons. The normalized spacial score (nSPS) is 12.1. The Balaban J connectivity index is 1.76. The second kappa shape index (κ2) is 9.58. The second-order valence-electron chi connectivity index (χ2n) is 8.15. The number of nitrogens with zero attached hydrogens (tertiary/aromatic N) is 5. The van der Waals surface area contributed by atoms with Crippen LogP contribution in [0.15, 0.2) is 48.5 Å². The Labute approximate surface area is 210 Å². The monoisotopic (exact) mass is 539 g/mol. The Morgan fingerprint density at radius 1 is 0.838 bits per heavy atom. The Morgan fingerprint density at radius 2 is 1.46 bits per heavy atom. The predicted octanol–water partition coefficient (Wildman–Crippen LogP) is 6.32. The van der Waals surface area contributed by atoms with Crippen LogP contribution in [-0.4, -0.2) is 31.0 Å². The van der Waals surface area contributed by atoms with E-state index >= 15 is 0 Å². The molecule has 0 aliphatic heterocycles. The first-order valence-corrected chi connectivity index (χ1v) is 11.0. The van der Waals surface area contributed by atoms with Gasteiger partial charge in [0.2, 0.25) is 0 Å². The quantitative estimate of drug-likeness (QED) is 0.219. The van der Waals surface area contributed by atoms with Gasteiger partial charge < -0.3 is 0 Å². The van der Waals surface area contributed by atoms with Gasteiger partial charge >= 0.3 is 12.4 Å². The summed E-state index contributed by atoms with van der Waals surface area (Å²) in [6, 6.07) is 9.13. The molecule has 0 radical (unpaired) electrons. The predicted molar refractivity (Wildman–Crippen MR) is 121 cm³/mol. The van der Waals surface area contributed by atoms with Gasteiger partial charge in [-0.05, 0) is 55.8 Å². The summed E-state index contributed by atoms with van der Waals surface area (Å²) in [5.41, 5.74) is -2.06. The number of alkyl halides is 6. The Hall–Kier alpha value is -3.80. The van der Waals surface area contributed by atoms with Crippen molar-refractivity contribution >= 4 is 17.4 Å². The van der Waals surface area contributed by atoms with Crippen LogP contribution < -0.4 is 0 Å². The van der Waals surface area contributed by atoms with E-state index in [1.807, 2.05) is 0 Å². The molecule has 0 saturated carbocycles. The smallest absolute Gasteiger partial charge is 0.288 e. The van der Waals surface area contributed by atoms with Crippen LogP contribution in [0, 0.1) is 13.8 Å². The van der Waals surface area contributed by atoms with Gasteiger partial charge in [-0.1, -0.05) is 28.9 Å². The van der Waals surface area contributed by atoms with Crippen molar-refractivity contribution < 1.29 is 31.1 Å². The van der Waals surface area contributed by atoms with E-state index in [1.54, 1.807) is 25.1 Å². The highest BCUT2D eigenvalue weighted by atomic mass is 35.5. The maximum atomic E-state index is 13.3. The fourth-order valence-corrected chi connectivity index (χ4v) is 3.86. The van der Waals surface area contributed by atoms with Gasteiger partial charge in [0, 0.05) is 5.56 Å². The van der Waals surface area contributed by atoms with Crippen LogP contribution in [0.5, 0.6) is 0 Å². The maximum Gasteiger partial charge on any atom is 0.416 e. The van der Waals surface area contributed by atoms with E-state index in [0.717, 1.165) is 4.68 Å². The highest BCUT2D eigenvalue weighted by Gasteiger charge is 2.37.